The summed E-state index contributed by atoms with van der Waals surface area (Å²) in [5.41, 5.74) is 3.74. The number of rotatable bonds is 8. The van der Waals surface area contributed by atoms with Gasteiger partial charge < -0.3 is 4.90 Å². The van der Waals surface area contributed by atoms with Crippen LogP contribution in [-0.4, -0.2) is 110 Å². The normalized spacial score (nSPS) is 25.8. The third kappa shape index (κ3) is 8.44. The SMILES string of the molecule is C=C[C@]1(NC(=O)C2[C@@H](C)[C@H]2C)Cc2nc(cs2)-c2ccc3c(c2)c(c(-c2cc(N4CCN(C)CC4)cnc2[C@H](C)OC)n3CC)CC(F)(F)COC(=O)I2CCCN(N2)C1=O. The number of aromatic nitrogens is 3. The standard InChI is InChI=1S/C44H55F2IN8O5S/c1-8-43(50-40(56)37-26(3)27(37)4)22-36-49-34(24-61-36)29-11-12-35-31(19-29)33(21-44(45,46)25-60-42(58)47-13-10-14-55(51-47)41(43)57)39(54(35)9-2)32-20-30(23-48-38(32)28(5)59-7)53-17-15-52(6)16-18-53/h8,11-12,19-20,23-24,26-28,37,51H,1,9-10,13-18,21-22,25H2,2-7H3,(H,50,56)/t26-,27+,28-,37?,43-/m0/s1. The van der Waals surface area contributed by atoms with E-state index in [2.05, 4.69) is 43.0 Å². The minimum atomic E-state index is -3.47. The number of hydrazine groups is 1. The number of alkyl halides is 3. The van der Waals surface area contributed by atoms with Crippen molar-refractivity contribution in [3.05, 3.63) is 64.8 Å². The van der Waals surface area contributed by atoms with E-state index < -0.39 is 60.6 Å². The van der Waals surface area contributed by atoms with Gasteiger partial charge in [-0.2, -0.15) is 0 Å². The Bertz CT molecular complexity index is 2340. The third-order valence-electron chi connectivity index (χ3n) is 12.9. The van der Waals surface area contributed by atoms with Crippen molar-refractivity contribution in [1.29, 1.82) is 0 Å². The fourth-order valence-electron chi connectivity index (χ4n) is 8.91. The number of anilines is 1. The summed E-state index contributed by atoms with van der Waals surface area (Å²) >= 11 is -1.67. The van der Waals surface area contributed by atoms with E-state index in [4.69, 9.17) is 19.4 Å². The first-order valence-corrected chi connectivity index (χ1v) is 25.5. The second kappa shape index (κ2) is 17.3. The predicted molar refractivity (Wildman–Crippen MR) is 242 cm³/mol. The Balaban J connectivity index is 1.28. The number of benzene rings is 1. The van der Waals surface area contributed by atoms with Crippen molar-refractivity contribution in [3.63, 3.8) is 0 Å². The molecule has 1 unspecified atom stereocenters. The summed E-state index contributed by atoms with van der Waals surface area (Å²) < 4.78 is 49.5. The van der Waals surface area contributed by atoms with E-state index in [9.17, 15) is 14.4 Å². The Morgan fingerprint density at radius 2 is 1.92 bits per heavy atom. The topological polar surface area (TPSA) is 134 Å². The number of thiazole rings is 1. The summed E-state index contributed by atoms with van der Waals surface area (Å²) in [5, 5.41) is 7.50. The van der Waals surface area contributed by atoms with E-state index in [1.54, 1.807) is 7.11 Å². The van der Waals surface area contributed by atoms with E-state index in [-0.39, 0.29) is 36.6 Å². The summed E-state index contributed by atoms with van der Waals surface area (Å²) in [4.78, 5) is 56.5. The maximum atomic E-state index is 16.7. The third-order valence-corrected chi connectivity index (χ3v) is 18.1. The van der Waals surface area contributed by atoms with Gasteiger partial charge in [0.05, 0.1) is 0 Å². The molecule has 0 spiro atoms. The molecular formula is C44H55F2IN8O5S. The summed E-state index contributed by atoms with van der Waals surface area (Å²) in [6.45, 7) is 14.9. The molecule has 6 bridgehead atoms. The van der Waals surface area contributed by atoms with Gasteiger partial charge in [-0.25, -0.2) is 0 Å². The van der Waals surface area contributed by atoms with Gasteiger partial charge in [0.15, 0.2) is 0 Å². The molecule has 5 atom stereocenters. The van der Waals surface area contributed by atoms with Crippen LogP contribution in [0.25, 0.3) is 33.4 Å². The van der Waals surface area contributed by atoms with Crippen molar-refractivity contribution in [3.8, 4) is 22.5 Å². The molecule has 2 amide bonds. The van der Waals surface area contributed by atoms with Crippen molar-refractivity contribution in [2.24, 2.45) is 17.8 Å². The number of cyclic esters (lactones) is 1. The molecule has 4 aromatic rings. The van der Waals surface area contributed by atoms with Crippen molar-refractivity contribution in [2.75, 3.05) is 62.8 Å². The van der Waals surface area contributed by atoms with Crippen LogP contribution in [0.5, 0.6) is 0 Å². The zero-order valence-electron chi connectivity index (χ0n) is 35.6. The first-order valence-electron chi connectivity index (χ1n) is 21.0. The minimum absolute atomic E-state index is 0.0330. The Hall–Kier alpha value is -4.04. The average molecular weight is 973 g/mol. The number of carbonyl (C=O) groups excluding carboxylic acids is 3. The number of fused-ring (bicyclic) bond motifs is 6. The number of piperazine rings is 1. The zero-order chi connectivity index (χ0) is 43.4. The maximum absolute atomic E-state index is 16.7. The van der Waals surface area contributed by atoms with Gasteiger partial charge in [-0.3, -0.25) is 0 Å². The average Bonchev–Trinajstić information content (AvgIpc) is 3.52. The number of pyridine rings is 1. The van der Waals surface area contributed by atoms with E-state index in [1.165, 1.54) is 22.4 Å². The number of ether oxygens (including phenoxy) is 2. The van der Waals surface area contributed by atoms with Crippen molar-refractivity contribution in [2.45, 2.75) is 71.1 Å². The van der Waals surface area contributed by atoms with Crippen molar-refractivity contribution >= 4 is 63.8 Å². The molecule has 3 aliphatic heterocycles. The van der Waals surface area contributed by atoms with Crippen LogP contribution in [0.15, 0.2) is 48.5 Å². The molecule has 328 valence electrons. The van der Waals surface area contributed by atoms with Crippen molar-refractivity contribution in [1.82, 2.24) is 33.4 Å². The Kier molecular flexibility index (Phi) is 12.3. The molecule has 6 heterocycles. The number of methoxy groups -OCH3 is 1. The number of halogens is 3. The van der Waals surface area contributed by atoms with Gasteiger partial charge >= 0.3 is 344 Å². The van der Waals surface area contributed by atoms with Gasteiger partial charge in [0.2, 0.25) is 0 Å². The number of amides is 2. The molecule has 0 radical (unpaired) electrons. The number of nitrogens with one attached hydrogen (secondary N) is 2. The van der Waals surface area contributed by atoms with Crippen LogP contribution in [0, 0.1) is 17.8 Å². The van der Waals surface area contributed by atoms with Gasteiger partial charge in [-0.05, 0) is 7.05 Å². The quantitative estimate of drug-likeness (QED) is 0.0611. The fraction of sp³-hybridized carbons (Fsp3) is 0.523. The second-order valence-corrected chi connectivity index (χ2v) is 22.3. The van der Waals surface area contributed by atoms with Crippen molar-refractivity contribution < 1.29 is 32.6 Å². The predicted octanol–water partition coefficient (Wildman–Crippen LogP) is 7.28. The molecule has 2 N–H and O–H groups in total. The van der Waals surface area contributed by atoms with E-state index in [0.29, 0.717) is 61.6 Å². The summed E-state index contributed by atoms with van der Waals surface area (Å²) in [5.74, 6) is -4.12. The van der Waals surface area contributed by atoms with E-state index >= 15 is 8.78 Å². The van der Waals surface area contributed by atoms with Gasteiger partial charge in [0, 0.05) is 13.1 Å². The zero-order valence-corrected chi connectivity index (χ0v) is 38.6. The molecule has 61 heavy (non-hydrogen) atoms. The van der Waals surface area contributed by atoms with Gasteiger partial charge in [0.1, 0.15) is 0 Å². The Labute approximate surface area is 366 Å². The molecule has 2 saturated heterocycles. The number of likely N-dealkylation sites (N-methyl/N-ethyl adjacent to an activating group) is 1. The van der Waals surface area contributed by atoms with Crippen LogP contribution in [-0.2, 0) is 38.4 Å². The summed E-state index contributed by atoms with van der Waals surface area (Å²) in [6, 6.07) is 7.83. The van der Waals surface area contributed by atoms with E-state index in [0.717, 1.165) is 37.4 Å². The van der Waals surface area contributed by atoms with Crippen LogP contribution in [0.1, 0.15) is 56.5 Å². The Morgan fingerprint density at radius 1 is 1.16 bits per heavy atom. The summed E-state index contributed by atoms with van der Waals surface area (Å²) in [6.07, 6.45) is 2.65. The number of hydrogen-bond acceptors (Lipinski definition) is 11. The molecule has 13 nitrogen and oxygen atoms in total. The van der Waals surface area contributed by atoms with Gasteiger partial charge in [0.25, 0.3) is 0 Å². The molecular weight excluding hydrogens is 918 g/mol. The van der Waals surface area contributed by atoms with Crippen LogP contribution in [0.2, 0.25) is 0 Å². The van der Waals surface area contributed by atoms with Crippen LogP contribution in [0.3, 0.4) is 0 Å². The molecule has 4 aliphatic rings. The molecule has 8 rings (SSSR count). The summed E-state index contributed by atoms with van der Waals surface area (Å²) in [7, 11) is 3.70. The van der Waals surface area contributed by atoms with E-state index in [1.807, 2.05) is 57.5 Å². The Morgan fingerprint density at radius 3 is 2.61 bits per heavy atom. The molecule has 17 heteroatoms. The van der Waals surface area contributed by atoms with Crippen LogP contribution >= 0.6 is 31.4 Å². The fourth-order valence-corrected chi connectivity index (χ4v) is 13.5. The molecule has 1 aliphatic carbocycles. The number of hydrogen-bond donors (Lipinski definition) is 2. The number of aryl methyl sites for hydroxylation is 1. The van der Waals surface area contributed by atoms with Gasteiger partial charge in [-0.1, -0.05) is 0 Å². The van der Waals surface area contributed by atoms with Crippen LogP contribution in [0.4, 0.5) is 19.3 Å². The van der Waals surface area contributed by atoms with Gasteiger partial charge in [-0.15, -0.1) is 0 Å². The number of carbonyl (C=O) groups is 3. The number of nitrogens with zero attached hydrogens (tertiary/aromatic N) is 6. The first kappa shape index (κ1) is 43.6. The molecule has 3 fully saturated rings. The molecule has 3 aromatic heterocycles. The molecule has 1 aromatic carbocycles. The first-order chi connectivity index (χ1) is 29.2. The second-order valence-electron chi connectivity index (χ2n) is 16.8. The monoisotopic (exact) mass is 972 g/mol. The molecule has 1 saturated carbocycles. The van der Waals surface area contributed by atoms with Crippen LogP contribution < -0.4 is 13.9 Å².